The molecular weight excluding hydrogens is 197 g/mol. The number of rotatable bonds is 2. The van der Waals surface area contributed by atoms with Crippen molar-refractivity contribution in [1.29, 1.82) is 0 Å². The zero-order valence-corrected chi connectivity index (χ0v) is 8.20. The van der Waals surface area contributed by atoms with Gasteiger partial charge in [-0.1, -0.05) is 0 Å². The van der Waals surface area contributed by atoms with E-state index in [0.717, 1.165) is 5.39 Å². The molecule has 0 aliphatic carbocycles. The second kappa shape index (κ2) is 3.68. The number of halogens is 1. The largest absolute Gasteiger partial charge is 0.358 e. The second-order valence-corrected chi connectivity index (χ2v) is 3.18. The molecule has 0 spiro atoms. The van der Waals surface area contributed by atoms with E-state index in [9.17, 15) is 9.18 Å². The van der Waals surface area contributed by atoms with Gasteiger partial charge in [0.25, 0.3) is 0 Å². The highest BCUT2D eigenvalue weighted by Crippen LogP contribution is 2.14. The van der Waals surface area contributed by atoms with E-state index in [1.54, 1.807) is 19.3 Å². The number of nitrogens with zero attached hydrogens (tertiary/aromatic N) is 2. The molecular formula is C10H10FN3O. The Morgan fingerprint density at radius 2 is 2.40 bits per heavy atom. The van der Waals surface area contributed by atoms with Crippen LogP contribution in [-0.4, -0.2) is 22.7 Å². The summed E-state index contributed by atoms with van der Waals surface area (Å²) >= 11 is 0. The van der Waals surface area contributed by atoms with E-state index in [1.807, 2.05) is 0 Å². The molecule has 1 N–H and O–H groups in total. The number of carbonyl (C=O) groups excluding carboxylic acids is 1. The van der Waals surface area contributed by atoms with Crippen LogP contribution in [0, 0.1) is 5.82 Å². The van der Waals surface area contributed by atoms with Crippen LogP contribution in [0.4, 0.5) is 4.39 Å². The Balaban J connectivity index is 2.43. The number of amides is 1. The van der Waals surface area contributed by atoms with Gasteiger partial charge >= 0.3 is 0 Å². The van der Waals surface area contributed by atoms with Crippen molar-refractivity contribution in [3.8, 4) is 0 Å². The van der Waals surface area contributed by atoms with Gasteiger partial charge in [-0.3, -0.25) is 9.48 Å². The molecule has 2 aromatic rings. The molecule has 0 radical (unpaired) electrons. The van der Waals surface area contributed by atoms with Crippen molar-refractivity contribution in [2.45, 2.75) is 6.54 Å². The maximum atomic E-state index is 13.0. The monoisotopic (exact) mass is 207 g/mol. The van der Waals surface area contributed by atoms with Gasteiger partial charge in [0.2, 0.25) is 5.91 Å². The summed E-state index contributed by atoms with van der Waals surface area (Å²) in [7, 11) is 1.55. The standard InChI is InChI=1S/C10H10FN3O/c1-12-10(15)6-14-9-4-8(11)3-2-7(9)5-13-14/h2-5H,6H2,1H3,(H,12,15). The van der Waals surface area contributed by atoms with Crippen molar-refractivity contribution in [3.05, 3.63) is 30.2 Å². The van der Waals surface area contributed by atoms with Crippen LogP contribution in [0.15, 0.2) is 24.4 Å². The van der Waals surface area contributed by atoms with Crippen LogP contribution in [0.1, 0.15) is 0 Å². The summed E-state index contributed by atoms with van der Waals surface area (Å²) in [6.45, 7) is 0.101. The predicted octanol–water partition coefficient (Wildman–Crippen LogP) is 0.921. The lowest BCUT2D eigenvalue weighted by molar-refractivity contribution is -0.121. The third-order valence-electron chi connectivity index (χ3n) is 2.18. The van der Waals surface area contributed by atoms with E-state index >= 15 is 0 Å². The molecule has 0 fully saturated rings. The third kappa shape index (κ3) is 1.81. The lowest BCUT2D eigenvalue weighted by atomic mass is 10.2. The normalized spacial score (nSPS) is 10.5. The Kier molecular flexibility index (Phi) is 2.37. The van der Waals surface area contributed by atoms with Crippen molar-refractivity contribution in [3.63, 3.8) is 0 Å². The highest BCUT2D eigenvalue weighted by Gasteiger charge is 2.06. The van der Waals surface area contributed by atoms with Crippen molar-refractivity contribution in [2.75, 3.05) is 7.05 Å². The van der Waals surface area contributed by atoms with Crippen LogP contribution in [0.3, 0.4) is 0 Å². The fourth-order valence-electron chi connectivity index (χ4n) is 1.38. The number of hydrogen-bond acceptors (Lipinski definition) is 2. The summed E-state index contributed by atoms with van der Waals surface area (Å²) in [6.07, 6.45) is 1.61. The predicted molar refractivity (Wildman–Crippen MR) is 53.8 cm³/mol. The minimum Gasteiger partial charge on any atom is -0.358 e. The van der Waals surface area contributed by atoms with Gasteiger partial charge in [-0.05, 0) is 18.2 Å². The van der Waals surface area contributed by atoms with E-state index in [-0.39, 0.29) is 18.3 Å². The number of carbonyl (C=O) groups is 1. The first-order valence-corrected chi connectivity index (χ1v) is 4.52. The fourth-order valence-corrected chi connectivity index (χ4v) is 1.38. The van der Waals surface area contributed by atoms with Crippen molar-refractivity contribution in [2.24, 2.45) is 0 Å². The van der Waals surface area contributed by atoms with Crippen LogP contribution in [-0.2, 0) is 11.3 Å². The van der Waals surface area contributed by atoms with Gasteiger partial charge in [0.15, 0.2) is 0 Å². The summed E-state index contributed by atoms with van der Waals surface area (Å²) in [5.74, 6) is -0.495. The molecule has 0 bridgehead atoms. The number of fused-ring (bicyclic) bond motifs is 1. The topological polar surface area (TPSA) is 46.9 Å². The number of nitrogens with one attached hydrogen (secondary N) is 1. The Morgan fingerprint density at radius 1 is 1.60 bits per heavy atom. The molecule has 1 aromatic heterocycles. The van der Waals surface area contributed by atoms with Gasteiger partial charge in [-0.15, -0.1) is 0 Å². The summed E-state index contributed by atoms with van der Waals surface area (Å²) < 4.78 is 14.4. The van der Waals surface area contributed by atoms with Gasteiger partial charge < -0.3 is 5.32 Å². The molecule has 1 aromatic carbocycles. The minimum atomic E-state index is -0.332. The molecule has 0 saturated heterocycles. The Bertz CT molecular complexity index is 506. The highest BCUT2D eigenvalue weighted by molar-refractivity contribution is 5.81. The number of likely N-dealkylation sites (N-methyl/N-ethyl adjacent to an activating group) is 1. The molecule has 0 unspecified atom stereocenters. The van der Waals surface area contributed by atoms with Crippen LogP contribution < -0.4 is 5.32 Å². The van der Waals surface area contributed by atoms with E-state index in [4.69, 9.17) is 0 Å². The molecule has 2 rings (SSSR count). The van der Waals surface area contributed by atoms with Gasteiger partial charge in [-0.25, -0.2) is 4.39 Å². The average molecular weight is 207 g/mol. The lowest BCUT2D eigenvalue weighted by Gasteiger charge is -2.01. The number of hydrogen-bond donors (Lipinski definition) is 1. The van der Waals surface area contributed by atoms with Gasteiger partial charge in [-0.2, -0.15) is 5.10 Å². The minimum absolute atomic E-state index is 0.101. The lowest BCUT2D eigenvalue weighted by Crippen LogP contribution is -2.23. The zero-order chi connectivity index (χ0) is 10.8. The summed E-state index contributed by atoms with van der Waals surface area (Å²) in [6, 6.07) is 4.37. The molecule has 0 aliphatic rings. The van der Waals surface area contributed by atoms with Crippen molar-refractivity contribution in [1.82, 2.24) is 15.1 Å². The van der Waals surface area contributed by atoms with Gasteiger partial charge in [0.1, 0.15) is 12.4 Å². The van der Waals surface area contributed by atoms with Crippen molar-refractivity contribution < 1.29 is 9.18 Å². The smallest absolute Gasteiger partial charge is 0.241 e. The van der Waals surface area contributed by atoms with E-state index in [2.05, 4.69) is 10.4 Å². The molecule has 5 heteroatoms. The van der Waals surface area contributed by atoms with E-state index < -0.39 is 0 Å². The van der Waals surface area contributed by atoms with E-state index in [1.165, 1.54) is 16.8 Å². The second-order valence-electron chi connectivity index (χ2n) is 3.18. The Morgan fingerprint density at radius 3 is 3.13 bits per heavy atom. The molecule has 0 saturated carbocycles. The maximum Gasteiger partial charge on any atom is 0.241 e. The first-order valence-electron chi connectivity index (χ1n) is 4.52. The molecule has 15 heavy (non-hydrogen) atoms. The zero-order valence-electron chi connectivity index (χ0n) is 8.20. The van der Waals surface area contributed by atoms with Crippen LogP contribution in [0.25, 0.3) is 10.9 Å². The van der Waals surface area contributed by atoms with E-state index in [0.29, 0.717) is 5.52 Å². The summed E-state index contributed by atoms with van der Waals surface area (Å²) in [5, 5.41) is 7.32. The highest BCUT2D eigenvalue weighted by atomic mass is 19.1. The molecule has 78 valence electrons. The number of benzene rings is 1. The van der Waals surface area contributed by atoms with Gasteiger partial charge in [0.05, 0.1) is 11.7 Å². The van der Waals surface area contributed by atoms with Crippen LogP contribution in [0.2, 0.25) is 0 Å². The fraction of sp³-hybridized carbons (Fsp3) is 0.200. The van der Waals surface area contributed by atoms with Gasteiger partial charge in [0, 0.05) is 12.4 Å². The molecule has 1 amide bonds. The maximum absolute atomic E-state index is 13.0. The first-order chi connectivity index (χ1) is 7.20. The molecule has 1 heterocycles. The molecule has 4 nitrogen and oxygen atoms in total. The van der Waals surface area contributed by atoms with Crippen molar-refractivity contribution >= 4 is 16.8 Å². The quantitative estimate of drug-likeness (QED) is 0.796. The number of aromatic nitrogens is 2. The Hall–Kier alpha value is -1.91. The first kappa shape index (κ1) is 9.64. The third-order valence-corrected chi connectivity index (χ3v) is 2.18. The molecule has 0 aliphatic heterocycles. The molecule has 0 atom stereocenters. The summed E-state index contributed by atoms with van der Waals surface area (Å²) in [4.78, 5) is 11.1. The van der Waals surface area contributed by atoms with Crippen LogP contribution in [0.5, 0.6) is 0 Å². The SMILES string of the molecule is CNC(=O)Cn1ncc2ccc(F)cc21. The average Bonchev–Trinajstić information content (AvgIpc) is 2.61. The van der Waals surface area contributed by atoms with Crippen LogP contribution >= 0.6 is 0 Å². The Labute approximate surface area is 85.7 Å². The summed E-state index contributed by atoms with van der Waals surface area (Å²) in [5.41, 5.74) is 0.624.